The van der Waals surface area contributed by atoms with Crippen LogP contribution < -0.4 is 15.0 Å². The highest BCUT2D eigenvalue weighted by molar-refractivity contribution is 7.22. The monoisotopic (exact) mass is 344 g/mol. The fraction of sp³-hybridized carbons (Fsp3) is 0.312. The molecule has 3 heterocycles. The van der Waals surface area contributed by atoms with Gasteiger partial charge >= 0.3 is 0 Å². The molecule has 7 nitrogen and oxygen atoms in total. The number of aryl methyl sites for hydroxylation is 1. The van der Waals surface area contributed by atoms with Gasteiger partial charge in [-0.2, -0.15) is 0 Å². The Morgan fingerprint density at radius 2 is 2.25 bits per heavy atom. The molecule has 0 bridgehead atoms. The number of thiazole rings is 1. The van der Waals surface area contributed by atoms with Crippen molar-refractivity contribution in [3.8, 4) is 5.75 Å². The van der Waals surface area contributed by atoms with Crippen LogP contribution in [0.4, 0.5) is 10.9 Å². The summed E-state index contributed by atoms with van der Waals surface area (Å²) in [6.07, 6.45) is 0. The van der Waals surface area contributed by atoms with Crippen molar-refractivity contribution >= 4 is 38.4 Å². The third-order valence-corrected chi connectivity index (χ3v) is 5.08. The minimum atomic E-state index is -0.0662. The molecule has 8 heteroatoms. The molecular weight excluding hydrogens is 328 g/mol. The summed E-state index contributed by atoms with van der Waals surface area (Å²) in [5.41, 5.74) is 0.917. The van der Waals surface area contributed by atoms with Crippen molar-refractivity contribution in [1.82, 2.24) is 10.1 Å². The van der Waals surface area contributed by atoms with E-state index in [1.807, 2.05) is 18.2 Å². The highest BCUT2D eigenvalue weighted by Gasteiger charge is 2.34. The van der Waals surface area contributed by atoms with Gasteiger partial charge in [-0.3, -0.25) is 4.79 Å². The number of benzene rings is 1. The molecule has 0 saturated carbocycles. The van der Waals surface area contributed by atoms with Crippen molar-refractivity contribution in [3.05, 3.63) is 30.0 Å². The number of nitrogens with zero attached hydrogens (tertiary/aromatic N) is 3. The number of hydrogen-bond acceptors (Lipinski definition) is 7. The van der Waals surface area contributed by atoms with Gasteiger partial charge in [0.1, 0.15) is 11.5 Å². The van der Waals surface area contributed by atoms with E-state index >= 15 is 0 Å². The molecule has 1 aliphatic heterocycles. The highest BCUT2D eigenvalue weighted by Crippen LogP contribution is 2.34. The van der Waals surface area contributed by atoms with E-state index in [2.05, 4.69) is 20.4 Å². The molecule has 1 aromatic carbocycles. The van der Waals surface area contributed by atoms with Crippen LogP contribution in [0.15, 0.2) is 28.8 Å². The number of carbonyl (C=O) groups is 1. The summed E-state index contributed by atoms with van der Waals surface area (Å²) < 4.78 is 11.3. The zero-order valence-electron chi connectivity index (χ0n) is 13.3. The fourth-order valence-corrected chi connectivity index (χ4v) is 3.58. The third kappa shape index (κ3) is 2.69. The standard InChI is InChI=1S/C16H16N4O3S/c1-9-5-14(19-23-9)18-15(21)10-7-20(8-10)16-17-12-6-11(22-2)3-4-13(12)24-16/h3-6,10H,7-8H2,1-2H3,(H,18,19,21). The Morgan fingerprint density at radius 3 is 2.96 bits per heavy atom. The SMILES string of the molecule is COc1ccc2sc(N3CC(C(=O)Nc4cc(C)on4)C3)nc2c1. The molecule has 0 atom stereocenters. The summed E-state index contributed by atoms with van der Waals surface area (Å²) in [5, 5.41) is 7.48. The Labute approximate surface area is 142 Å². The van der Waals surface area contributed by atoms with E-state index in [1.165, 1.54) is 0 Å². The first-order valence-corrected chi connectivity index (χ1v) is 8.38. The minimum absolute atomic E-state index is 0.0395. The lowest BCUT2D eigenvalue weighted by molar-refractivity contribution is -0.120. The lowest BCUT2D eigenvalue weighted by atomic mass is 10.0. The Hall–Kier alpha value is -2.61. The molecule has 1 saturated heterocycles. The number of anilines is 2. The van der Waals surface area contributed by atoms with Crippen LogP contribution in [0.5, 0.6) is 5.75 Å². The Bertz CT molecular complexity index is 898. The number of hydrogen-bond donors (Lipinski definition) is 1. The molecule has 0 radical (unpaired) electrons. The number of fused-ring (bicyclic) bond motifs is 1. The average Bonchev–Trinajstić information content (AvgIpc) is 3.10. The van der Waals surface area contributed by atoms with Crippen LogP contribution in [0.1, 0.15) is 5.76 Å². The van der Waals surface area contributed by atoms with E-state index in [9.17, 15) is 4.79 Å². The summed E-state index contributed by atoms with van der Waals surface area (Å²) in [5.74, 6) is 1.82. The summed E-state index contributed by atoms with van der Waals surface area (Å²) >= 11 is 1.62. The van der Waals surface area contributed by atoms with Gasteiger partial charge in [0.25, 0.3) is 0 Å². The largest absolute Gasteiger partial charge is 0.497 e. The number of nitrogens with one attached hydrogen (secondary N) is 1. The van der Waals surface area contributed by atoms with Crippen LogP contribution in [0, 0.1) is 12.8 Å². The maximum absolute atomic E-state index is 12.2. The number of ether oxygens (including phenoxy) is 1. The smallest absolute Gasteiger partial charge is 0.232 e. The summed E-state index contributed by atoms with van der Waals surface area (Å²) in [6.45, 7) is 3.09. The first kappa shape index (κ1) is 14.9. The normalized spacial score (nSPS) is 14.7. The number of carbonyl (C=O) groups excluding carboxylic acids is 1. The molecule has 24 heavy (non-hydrogen) atoms. The van der Waals surface area contributed by atoms with E-state index in [-0.39, 0.29) is 11.8 Å². The lowest BCUT2D eigenvalue weighted by Crippen LogP contribution is -2.52. The predicted octanol–water partition coefficient (Wildman–Crippen LogP) is 2.68. The fourth-order valence-electron chi connectivity index (χ4n) is 2.61. The van der Waals surface area contributed by atoms with Gasteiger partial charge in [0.05, 0.1) is 23.2 Å². The molecular formula is C16H16N4O3S. The van der Waals surface area contributed by atoms with E-state index in [1.54, 1.807) is 31.4 Å². The number of aromatic nitrogens is 2. The Morgan fingerprint density at radius 1 is 1.42 bits per heavy atom. The second kappa shape index (κ2) is 5.79. The second-order valence-corrected chi connectivity index (χ2v) is 6.75. The van der Waals surface area contributed by atoms with Crippen LogP contribution in [-0.4, -0.2) is 36.2 Å². The molecule has 2 aromatic heterocycles. The zero-order valence-corrected chi connectivity index (χ0v) is 14.1. The molecule has 1 aliphatic rings. The van der Waals surface area contributed by atoms with Crippen LogP contribution >= 0.6 is 11.3 Å². The highest BCUT2D eigenvalue weighted by atomic mass is 32.1. The Balaban J connectivity index is 1.40. The first-order valence-electron chi connectivity index (χ1n) is 7.56. The molecule has 1 fully saturated rings. The van der Waals surface area contributed by atoms with Crippen LogP contribution in [-0.2, 0) is 4.79 Å². The van der Waals surface area contributed by atoms with Gasteiger partial charge in [-0.15, -0.1) is 0 Å². The maximum Gasteiger partial charge on any atom is 0.232 e. The minimum Gasteiger partial charge on any atom is -0.497 e. The van der Waals surface area contributed by atoms with Gasteiger partial charge in [-0.25, -0.2) is 4.98 Å². The summed E-state index contributed by atoms with van der Waals surface area (Å²) in [4.78, 5) is 18.9. The average molecular weight is 344 g/mol. The number of methoxy groups -OCH3 is 1. The third-order valence-electron chi connectivity index (χ3n) is 3.99. The van der Waals surface area contributed by atoms with Gasteiger partial charge in [-0.1, -0.05) is 16.5 Å². The number of rotatable bonds is 4. The zero-order chi connectivity index (χ0) is 16.7. The van der Waals surface area contributed by atoms with Crippen molar-refractivity contribution in [1.29, 1.82) is 0 Å². The van der Waals surface area contributed by atoms with Crippen molar-refractivity contribution in [2.75, 3.05) is 30.4 Å². The second-order valence-electron chi connectivity index (χ2n) is 5.74. The van der Waals surface area contributed by atoms with Crippen LogP contribution in [0.25, 0.3) is 10.2 Å². The molecule has 0 aliphatic carbocycles. The van der Waals surface area contributed by atoms with Gasteiger partial charge in [-0.05, 0) is 19.1 Å². The molecule has 0 unspecified atom stereocenters. The van der Waals surface area contributed by atoms with Crippen molar-refractivity contribution < 1.29 is 14.1 Å². The maximum atomic E-state index is 12.2. The van der Waals surface area contributed by atoms with Gasteiger partial charge in [0, 0.05) is 25.2 Å². The molecule has 1 amide bonds. The number of amides is 1. The molecule has 3 aromatic rings. The topological polar surface area (TPSA) is 80.5 Å². The van der Waals surface area contributed by atoms with Crippen molar-refractivity contribution in [2.45, 2.75) is 6.92 Å². The first-order chi connectivity index (χ1) is 11.6. The van der Waals surface area contributed by atoms with Gasteiger partial charge < -0.3 is 19.5 Å². The molecule has 1 N–H and O–H groups in total. The molecule has 0 spiro atoms. The summed E-state index contributed by atoms with van der Waals surface area (Å²) in [7, 11) is 1.64. The van der Waals surface area contributed by atoms with E-state index in [0.29, 0.717) is 24.7 Å². The van der Waals surface area contributed by atoms with Crippen LogP contribution in [0.3, 0.4) is 0 Å². The van der Waals surface area contributed by atoms with E-state index in [0.717, 1.165) is 21.1 Å². The molecule has 4 rings (SSSR count). The summed E-state index contributed by atoms with van der Waals surface area (Å²) in [6, 6.07) is 7.56. The van der Waals surface area contributed by atoms with E-state index in [4.69, 9.17) is 9.26 Å². The molecule has 124 valence electrons. The predicted molar refractivity (Wildman–Crippen MR) is 91.7 cm³/mol. The Kier molecular flexibility index (Phi) is 3.61. The van der Waals surface area contributed by atoms with Crippen LogP contribution in [0.2, 0.25) is 0 Å². The van der Waals surface area contributed by atoms with Crippen molar-refractivity contribution in [2.24, 2.45) is 5.92 Å². The van der Waals surface area contributed by atoms with Gasteiger partial charge in [0.15, 0.2) is 10.9 Å². The van der Waals surface area contributed by atoms with E-state index < -0.39 is 0 Å². The van der Waals surface area contributed by atoms with Gasteiger partial charge in [0.2, 0.25) is 5.91 Å². The lowest BCUT2D eigenvalue weighted by Gasteiger charge is -2.37. The quantitative estimate of drug-likeness (QED) is 0.784. The van der Waals surface area contributed by atoms with Crippen molar-refractivity contribution in [3.63, 3.8) is 0 Å².